The zero-order valence-corrected chi connectivity index (χ0v) is 21.5. The molecular weight excluding hydrogens is 518 g/mol. The lowest BCUT2D eigenvalue weighted by Crippen LogP contribution is -2.30. The first-order valence-corrected chi connectivity index (χ1v) is 11.7. The van der Waals surface area contributed by atoms with Crippen LogP contribution in [0.3, 0.4) is 0 Å². The molecule has 0 aliphatic rings. The molecule has 0 aliphatic carbocycles. The van der Waals surface area contributed by atoms with Gasteiger partial charge >= 0.3 is 5.63 Å². The normalized spacial score (nSPS) is 11.9. The van der Waals surface area contributed by atoms with Gasteiger partial charge in [-0.1, -0.05) is 15.9 Å². The van der Waals surface area contributed by atoms with E-state index in [9.17, 15) is 14.7 Å². The van der Waals surface area contributed by atoms with E-state index < -0.39 is 5.63 Å². The number of methoxy groups -OCH3 is 3. The van der Waals surface area contributed by atoms with Crippen molar-refractivity contribution in [3.8, 4) is 11.5 Å². The summed E-state index contributed by atoms with van der Waals surface area (Å²) in [6.45, 7) is 2.43. The zero-order chi connectivity index (χ0) is 25.4. The van der Waals surface area contributed by atoms with E-state index in [4.69, 9.17) is 18.6 Å². The van der Waals surface area contributed by atoms with Gasteiger partial charge in [0.1, 0.15) is 17.1 Å². The maximum atomic E-state index is 12.6. The topological polar surface area (TPSA) is 98.4 Å². The van der Waals surface area contributed by atoms with Gasteiger partial charge in [-0.05, 0) is 36.4 Å². The lowest BCUT2D eigenvalue weighted by Gasteiger charge is -2.22. The maximum Gasteiger partial charge on any atom is 0.336 e. The predicted molar refractivity (Wildman–Crippen MR) is 138 cm³/mol. The number of allylic oxidation sites excluding steroid dienone is 1. The van der Waals surface area contributed by atoms with Crippen LogP contribution < -0.4 is 10.4 Å². The number of fused-ring (bicyclic) bond motifs is 1. The molecule has 0 unspecified atom stereocenters. The van der Waals surface area contributed by atoms with E-state index in [2.05, 4.69) is 15.9 Å². The van der Waals surface area contributed by atoms with Crippen molar-refractivity contribution in [1.29, 1.82) is 0 Å². The lowest BCUT2D eigenvalue weighted by atomic mass is 9.98. The first-order valence-electron chi connectivity index (χ1n) is 10.9. The minimum Gasteiger partial charge on any atom is -0.507 e. The molecule has 1 heterocycles. The molecule has 0 spiro atoms. The highest BCUT2D eigenvalue weighted by Crippen LogP contribution is 2.33. The van der Waals surface area contributed by atoms with Crippen molar-refractivity contribution in [2.24, 2.45) is 0 Å². The number of hydrogen-bond donors (Lipinski definition) is 1. The molecular formula is C26H28BrNO7. The molecule has 0 radical (unpaired) electrons. The SMILES string of the molecule is COCCN(CCOC)Cc1c(O)ccc2c(/C(C=O)=C/c3cc(Br)ccc3OC)cc(=O)oc12. The summed E-state index contributed by atoms with van der Waals surface area (Å²) in [6.07, 6.45) is 2.34. The molecule has 186 valence electrons. The van der Waals surface area contributed by atoms with Crippen molar-refractivity contribution >= 4 is 44.8 Å². The number of ether oxygens (including phenoxy) is 3. The van der Waals surface area contributed by atoms with E-state index in [1.54, 1.807) is 39.5 Å². The number of rotatable bonds is 12. The number of aldehydes is 1. The summed E-state index contributed by atoms with van der Waals surface area (Å²) in [5.74, 6) is 0.563. The summed E-state index contributed by atoms with van der Waals surface area (Å²) >= 11 is 3.43. The Morgan fingerprint density at radius 3 is 2.43 bits per heavy atom. The Bertz CT molecular complexity index is 1260. The molecule has 3 aromatic rings. The van der Waals surface area contributed by atoms with E-state index in [0.29, 0.717) is 67.0 Å². The van der Waals surface area contributed by atoms with Crippen molar-refractivity contribution in [3.63, 3.8) is 0 Å². The molecule has 0 atom stereocenters. The number of benzene rings is 2. The molecule has 0 saturated carbocycles. The third kappa shape index (κ3) is 6.58. The molecule has 8 nitrogen and oxygen atoms in total. The number of hydrogen-bond acceptors (Lipinski definition) is 8. The van der Waals surface area contributed by atoms with Crippen LogP contribution in [0.4, 0.5) is 0 Å². The highest BCUT2D eigenvalue weighted by molar-refractivity contribution is 9.10. The fraction of sp³-hybridized carbons (Fsp3) is 0.308. The molecule has 2 aromatic carbocycles. The van der Waals surface area contributed by atoms with Crippen LogP contribution in [0, 0.1) is 0 Å². The fourth-order valence-electron chi connectivity index (χ4n) is 3.76. The smallest absolute Gasteiger partial charge is 0.336 e. The van der Waals surface area contributed by atoms with E-state index in [1.165, 1.54) is 12.1 Å². The maximum absolute atomic E-state index is 12.6. The summed E-state index contributed by atoms with van der Waals surface area (Å²) in [5.41, 5.74) is 1.37. The van der Waals surface area contributed by atoms with Crippen LogP contribution in [0.5, 0.6) is 11.5 Å². The second kappa shape index (κ2) is 12.6. The molecule has 3 rings (SSSR count). The summed E-state index contributed by atoms with van der Waals surface area (Å²) in [7, 11) is 4.77. The quantitative estimate of drug-likeness (QED) is 0.206. The standard InChI is InChI=1S/C26H28BrNO7/c1-32-10-8-28(9-11-33-2)15-22-23(30)6-5-20-21(14-25(31)35-26(20)22)18(16-29)12-17-13-19(27)4-7-24(17)34-3/h4-7,12-14,16,30H,8-11,15H2,1-3H3/b18-12+. The molecule has 35 heavy (non-hydrogen) atoms. The Morgan fingerprint density at radius 1 is 1.09 bits per heavy atom. The number of nitrogens with zero attached hydrogens (tertiary/aromatic N) is 1. The van der Waals surface area contributed by atoms with E-state index in [0.717, 1.165) is 4.47 Å². The molecule has 0 amide bonds. The van der Waals surface area contributed by atoms with Crippen LogP contribution in [0.2, 0.25) is 0 Å². The van der Waals surface area contributed by atoms with Crippen LogP contribution in [0.15, 0.2) is 50.1 Å². The Labute approximate surface area is 211 Å². The third-order valence-electron chi connectivity index (χ3n) is 5.54. The van der Waals surface area contributed by atoms with Crippen LogP contribution in [-0.2, 0) is 20.8 Å². The van der Waals surface area contributed by atoms with Gasteiger partial charge in [0.15, 0.2) is 6.29 Å². The summed E-state index contributed by atoms with van der Waals surface area (Å²) in [5, 5.41) is 11.2. The first-order chi connectivity index (χ1) is 16.9. The molecule has 1 aromatic heterocycles. The lowest BCUT2D eigenvalue weighted by molar-refractivity contribution is -0.103. The van der Waals surface area contributed by atoms with Gasteiger partial charge in [-0.25, -0.2) is 4.79 Å². The van der Waals surface area contributed by atoms with Gasteiger partial charge in [0.05, 0.1) is 25.9 Å². The fourth-order valence-corrected chi connectivity index (χ4v) is 4.14. The van der Waals surface area contributed by atoms with Gasteiger partial charge in [0.25, 0.3) is 0 Å². The molecule has 0 bridgehead atoms. The third-order valence-corrected chi connectivity index (χ3v) is 6.03. The molecule has 0 fully saturated rings. The minimum atomic E-state index is -0.631. The number of carbonyl (C=O) groups is 1. The van der Waals surface area contributed by atoms with Gasteiger partial charge in [-0.2, -0.15) is 0 Å². The van der Waals surface area contributed by atoms with Crippen molar-refractivity contribution < 1.29 is 28.5 Å². The molecule has 1 N–H and O–H groups in total. The number of phenols is 1. The van der Waals surface area contributed by atoms with Crippen molar-refractivity contribution in [2.45, 2.75) is 6.54 Å². The van der Waals surface area contributed by atoms with Gasteiger partial charge in [0, 0.05) is 66.5 Å². The Morgan fingerprint density at radius 2 is 1.80 bits per heavy atom. The number of halogens is 1. The molecule has 9 heteroatoms. The number of carbonyl (C=O) groups excluding carboxylic acids is 1. The Hall–Kier alpha value is -2.98. The average molecular weight is 546 g/mol. The predicted octanol–water partition coefficient (Wildman–Crippen LogP) is 4.10. The van der Waals surface area contributed by atoms with Gasteiger partial charge in [-0.15, -0.1) is 0 Å². The Balaban J connectivity index is 2.16. The van der Waals surface area contributed by atoms with Crippen LogP contribution in [0.1, 0.15) is 16.7 Å². The minimum absolute atomic E-state index is 0.0112. The zero-order valence-electron chi connectivity index (χ0n) is 19.9. The van der Waals surface area contributed by atoms with E-state index >= 15 is 0 Å². The first kappa shape index (κ1) is 26.6. The largest absolute Gasteiger partial charge is 0.507 e. The number of aromatic hydroxyl groups is 1. The molecule has 0 aliphatic heterocycles. The van der Waals surface area contributed by atoms with Gasteiger partial charge < -0.3 is 23.7 Å². The van der Waals surface area contributed by atoms with Crippen LogP contribution in [-0.4, -0.2) is 63.9 Å². The van der Waals surface area contributed by atoms with Crippen molar-refractivity contribution in [1.82, 2.24) is 4.90 Å². The van der Waals surface area contributed by atoms with Crippen molar-refractivity contribution in [3.05, 3.63) is 68.0 Å². The van der Waals surface area contributed by atoms with E-state index in [1.807, 2.05) is 17.0 Å². The highest BCUT2D eigenvalue weighted by Gasteiger charge is 2.19. The Kier molecular flexibility index (Phi) is 9.62. The van der Waals surface area contributed by atoms with Gasteiger partial charge in [0.2, 0.25) is 0 Å². The summed E-state index contributed by atoms with van der Waals surface area (Å²) < 4.78 is 22.2. The monoisotopic (exact) mass is 545 g/mol. The van der Waals surface area contributed by atoms with Crippen LogP contribution in [0.25, 0.3) is 22.6 Å². The highest BCUT2D eigenvalue weighted by atomic mass is 79.9. The molecule has 0 saturated heterocycles. The summed E-state index contributed by atoms with van der Waals surface area (Å²) in [4.78, 5) is 26.8. The summed E-state index contributed by atoms with van der Waals surface area (Å²) in [6, 6.07) is 9.88. The van der Waals surface area contributed by atoms with E-state index in [-0.39, 0.29) is 16.9 Å². The average Bonchev–Trinajstić information content (AvgIpc) is 2.85. The van der Waals surface area contributed by atoms with Crippen LogP contribution >= 0.6 is 15.9 Å². The second-order valence-electron chi connectivity index (χ2n) is 7.78. The van der Waals surface area contributed by atoms with Crippen molar-refractivity contribution in [2.75, 3.05) is 47.6 Å². The number of phenolic OH excluding ortho intramolecular Hbond substituents is 1. The van der Waals surface area contributed by atoms with Gasteiger partial charge in [-0.3, -0.25) is 9.69 Å². The second-order valence-corrected chi connectivity index (χ2v) is 8.70.